The summed E-state index contributed by atoms with van der Waals surface area (Å²) in [6.07, 6.45) is 0.742. The summed E-state index contributed by atoms with van der Waals surface area (Å²) in [4.78, 5) is 37.4. The number of ether oxygens (including phenoxy) is 2. The Bertz CT molecular complexity index is 2140. The van der Waals surface area contributed by atoms with Crippen LogP contribution in [0.2, 0.25) is 0 Å². The van der Waals surface area contributed by atoms with Crippen LogP contribution in [0.3, 0.4) is 0 Å². The number of amides is 2. The van der Waals surface area contributed by atoms with Crippen molar-refractivity contribution in [2.24, 2.45) is 5.10 Å². The Balaban J connectivity index is 1.27. The summed E-state index contributed by atoms with van der Waals surface area (Å²) < 4.78 is 13.8. The SMILES string of the molecule is O=C(NCc1ccccc1)N1Cc2cc(OCc3cccc([N+](=O)[O-])c3)c(Br)c3c2C2(C[C@H]1CO)[C@@H](C/C(=N/Nc1ccc([N+](=O)[O-])cc1)C[C@H]2SCCO)O3. The lowest BCUT2D eigenvalue weighted by atomic mass is 9.64. The van der Waals surface area contributed by atoms with Crippen molar-refractivity contribution in [2.45, 2.75) is 61.8 Å². The highest BCUT2D eigenvalue weighted by atomic mass is 79.9. The molecule has 0 bridgehead atoms. The molecule has 3 aliphatic rings. The van der Waals surface area contributed by atoms with Gasteiger partial charge in [0.05, 0.1) is 40.2 Å². The van der Waals surface area contributed by atoms with Gasteiger partial charge in [-0.3, -0.25) is 25.7 Å². The van der Waals surface area contributed by atoms with Gasteiger partial charge in [-0.25, -0.2) is 4.79 Å². The van der Waals surface area contributed by atoms with E-state index in [1.807, 2.05) is 36.4 Å². The fourth-order valence-electron chi connectivity index (χ4n) is 7.88. The number of non-ortho nitro benzene ring substituents is 2. The largest absolute Gasteiger partial charge is 0.488 e. The van der Waals surface area contributed by atoms with E-state index in [4.69, 9.17) is 14.6 Å². The van der Waals surface area contributed by atoms with Crippen LogP contribution in [0.1, 0.15) is 41.5 Å². The highest BCUT2D eigenvalue weighted by Gasteiger charge is 2.61. The first-order valence-corrected chi connectivity index (χ1v) is 19.8. The molecule has 7 rings (SSSR count). The normalized spacial score (nSPS) is 21.7. The van der Waals surface area contributed by atoms with Crippen molar-refractivity contribution in [1.29, 1.82) is 0 Å². The number of hydrazone groups is 1. The number of benzene rings is 4. The van der Waals surface area contributed by atoms with E-state index in [1.54, 1.807) is 40.9 Å². The van der Waals surface area contributed by atoms with Gasteiger partial charge in [-0.05, 0) is 57.2 Å². The van der Waals surface area contributed by atoms with Gasteiger partial charge in [0, 0.05) is 72.5 Å². The molecule has 1 aliphatic carbocycles. The third-order valence-corrected chi connectivity index (χ3v) is 12.6. The molecule has 2 aliphatic heterocycles. The number of nitrogens with zero attached hydrogens (tertiary/aromatic N) is 4. The van der Waals surface area contributed by atoms with Crippen LogP contribution < -0.4 is 20.2 Å². The second-order valence-corrected chi connectivity index (χ2v) is 15.9. The van der Waals surface area contributed by atoms with Crippen molar-refractivity contribution in [2.75, 3.05) is 24.4 Å². The van der Waals surface area contributed by atoms with Crippen molar-refractivity contribution in [3.05, 3.63) is 132 Å². The second-order valence-electron chi connectivity index (χ2n) is 13.8. The molecular weight excluding hydrogens is 808 g/mol. The summed E-state index contributed by atoms with van der Waals surface area (Å²) in [7, 11) is 0. The summed E-state index contributed by atoms with van der Waals surface area (Å²) in [6, 6.07) is 22.6. The summed E-state index contributed by atoms with van der Waals surface area (Å²) in [5.74, 6) is 1.38. The number of thioether (sulfide) groups is 1. The quantitative estimate of drug-likeness (QED) is 0.0827. The van der Waals surface area contributed by atoms with E-state index in [1.165, 1.54) is 24.3 Å². The van der Waals surface area contributed by atoms with Crippen molar-refractivity contribution < 1.29 is 34.3 Å². The van der Waals surface area contributed by atoms with Crippen LogP contribution in [0.25, 0.3) is 0 Å². The Labute approximate surface area is 334 Å². The first-order chi connectivity index (χ1) is 27.1. The van der Waals surface area contributed by atoms with Crippen LogP contribution >= 0.6 is 27.7 Å². The molecule has 1 saturated carbocycles. The molecule has 1 unspecified atom stereocenters. The number of nitro groups is 2. The Morgan fingerprint density at radius 3 is 2.46 bits per heavy atom. The Morgan fingerprint density at radius 2 is 1.75 bits per heavy atom. The summed E-state index contributed by atoms with van der Waals surface area (Å²) in [6.45, 7) is 0.0630. The minimum absolute atomic E-state index is 0.0215. The number of carbonyl (C=O) groups excluding carboxylic acids is 1. The molecule has 1 spiro atoms. The van der Waals surface area contributed by atoms with Crippen LogP contribution in [0.15, 0.2) is 94.5 Å². The van der Waals surface area contributed by atoms with Gasteiger partial charge in [-0.1, -0.05) is 42.5 Å². The van der Waals surface area contributed by atoms with Crippen LogP contribution in [-0.4, -0.2) is 73.1 Å². The molecule has 2 heterocycles. The third-order valence-electron chi connectivity index (χ3n) is 10.4. The number of carbonyl (C=O) groups is 1. The highest BCUT2D eigenvalue weighted by molar-refractivity contribution is 9.10. The van der Waals surface area contributed by atoms with E-state index in [0.717, 1.165) is 22.4 Å². The van der Waals surface area contributed by atoms with Gasteiger partial charge in [0.1, 0.15) is 28.7 Å². The number of hydrogen-bond acceptors (Lipinski definition) is 12. The first kappa shape index (κ1) is 39.0. The number of anilines is 1. The molecule has 2 amide bonds. The average Bonchev–Trinajstić information content (AvgIpc) is 3.47. The maximum atomic E-state index is 14.1. The van der Waals surface area contributed by atoms with E-state index < -0.39 is 27.4 Å². The number of aliphatic hydroxyl groups is 2. The highest BCUT2D eigenvalue weighted by Crippen LogP contribution is 2.61. The smallest absolute Gasteiger partial charge is 0.318 e. The van der Waals surface area contributed by atoms with Crippen molar-refractivity contribution in [3.63, 3.8) is 0 Å². The first-order valence-electron chi connectivity index (χ1n) is 18.0. The van der Waals surface area contributed by atoms with Crippen LogP contribution in [0, 0.1) is 20.2 Å². The van der Waals surface area contributed by atoms with Crippen molar-refractivity contribution >= 4 is 56.5 Å². The van der Waals surface area contributed by atoms with Crippen LogP contribution in [-0.2, 0) is 25.1 Å². The number of rotatable bonds is 13. The monoisotopic (exact) mass is 846 g/mol. The predicted molar refractivity (Wildman–Crippen MR) is 214 cm³/mol. The van der Waals surface area contributed by atoms with Crippen LogP contribution in [0.4, 0.5) is 21.9 Å². The number of nitrogens with one attached hydrogen (secondary N) is 2. The molecule has 1 fully saturated rings. The third kappa shape index (κ3) is 7.89. The van der Waals surface area contributed by atoms with E-state index in [0.29, 0.717) is 52.2 Å². The molecule has 292 valence electrons. The molecule has 0 aromatic heterocycles. The fourth-order valence-corrected chi connectivity index (χ4v) is 9.76. The zero-order valence-electron chi connectivity index (χ0n) is 30.0. The number of nitro benzene ring substituents is 2. The fraction of sp³-hybridized carbons (Fsp3) is 0.333. The van der Waals surface area contributed by atoms with Crippen molar-refractivity contribution in [1.82, 2.24) is 10.2 Å². The van der Waals surface area contributed by atoms with E-state index >= 15 is 0 Å². The standard InChI is InChI=1S/C39H39BrN6O9S/c40-36-32(54-23-25-7-4-8-30(15-25)46(52)53)16-26-21-44(38(49)41-20-24-5-2-1-3-6-24)31(22-48)19-39-33(55-37(36)35(26)39)17-28(18-34(39)56-14-13-47)43-42-27-9-11-29(12-10-27)45(50)51/h1-12,15-16,31,33-34,42,47-48H,13-14,17-23H2,(H,41,49)/b43-28-/t31-,33+,34+,39?/m0/s1. The molecule has 4 atom stereocenters. The predicted octanol–water partition coefficient (Wildman–Crippen LogP) is 6.68. The Hall–Kier alpha value is -5.23. The number of halogens is 1. The van der Waals surface area contributed by atoms with E-state index in [2.05, 4.69) is 26.7 Å². The summed E-state index contributed by atoms with van der Waals surface area (Å²) in [5.41, 5.74) is 6.74. The van der Waals surface area contributed by atoms with Crippen LogP contribution in [0.5, 0.6) is 11.5 Å². The average molecular weight is 848 g/mol. The Morgan fingerprint density at radius 1 is 1.00 bits per heavy atom. The van der Waals surface area contributed by atoms with Gasteiger partial charge >= 0.3 is 6.03 Å². The van der Waals surface area contributed by atoms with Crippen molar-refractivity contribution in [3.8, 4) is 11.5 Å². The van der Waals surface area contributed by atoms with Gasteiger partial charge in [-0.2, -0.15) is 16.9 Å². The lowest BCUT2D eigenvalue weighted by Gasteiger charge is -2.46. The van der Waals surface area contributed by atoms with E-state index in [9.17, 15) is 35.2 Å². The molecule has 4 aromatic carbocycles. The lowest BCUT2D eigenvalue weighted by molar-refractivity contribution is -0.385. The molecule has 17 heteroatoms. The molecule has 0 saturated heterocycles. The molecule has 4 N–H and O–H groups in total. The molecular formula is C39H39BrN6O9S. The minimum Gasteiger partial charge on any atom is -0.488 e. The van der Waals surface area contributed by atoms with E-state index in [-0.39, 0.29) is 55.6 Å². The van der Waals surface area contributed by atoms with Gasteiger partial charge < -0.3 is 29.9 Å². The van der Waals surface area contributed by atoms with Gasteiger partial charge in [0.15, 0.2) is 0 Å². The number of aliphatic hydroxyl groups excluding tert-OH is 2. The van der Waals surface area contributed by atoms with Gasteiger partial charge in [0.25, 0.3) is 11.4 Å². The zero-order chi connectivity index (χ0) is 39.4. The summed E-state index contributed by atoms with van der Waals surface area (Å²) >= 11 is 5.35. The second kappa shape index (κ2) is 16.9. The maximum absolute atomic E-state index is 14.1. The van der Waals surface area contributed by atoms with Gasteiger partial charge in [0.2, 0.25) is 0 Å². The molecule has 4 aromatic rings. The zero-order valence-corrected chi connectivity index (χ0v) is 32.4. The van der Waals surface area contributed by atoms with Gasteiger partial charge in [-0.15, -0.1) is 0 Å². The topological polar surface area (TPSA) is 202 Å². The number of urea groups is 1. The maximum Gasteiger partial charge on any atom is 0.318 e. The lowest BCUT2D eigenvalue weighted by Crippen LogP contribution is -2.56. The Kier molecular flexibility index (Phi) is 11.8. The molecule has 0 radical (unpaired) electrons. The molecule has 56 heavy (non-hydrogen) atoms. The number of hydrogen-bond donors (Lipinski definition) is 4. The summed E-state index contributed by atoms with van der Waals surface area (Å²) in [5, 5.41) is 51.2. The minimum atomic E-state index is -0.736. The molecule has 15 nitrogen and oxygen atoms in total.